The second-order valence-corrected chi connectivity index (χ2v) is 2.66. The van der Waals surface area contributed by atoms with Gasteiger partial charge < -0.3 is 10.6 Å². The van der Waals surface area contributed by atoms with E-state index in [1.165, 1.54) is 4.90 Å². The van der Waals surface area contributed by atoms with Crippen molar-refractivity contribution >= 4 is 17.9 Å². The van der Waals surface area contributed by atoms with Crippen molar-refractivity contribution in [3.05, 3.63) is 30.3 Å². The van der Waals surface area contributed by atoms with Crippen LogP contribution >= 0.6 is 0 Å². The Morgan fingerprint density at radius 3 is 2.50 bits per heavy atom. The topological polar surface area (TPSA) is 63.4 Å². The minimum atomic E-state index is -0.292. The third-order valence-corrected chi connectivity index (χ3v) is 1.77. The van der Waals surface area contributed by atoms with E-state index in [2.05, 4.69) is 0 Å². The number of nitrogens with two attached hydrogens (primary N) is 1. The molecular formula is C10H11N2O2. The first-order valence-electron chi connectivity index (χ1n) is 4.20. The molecule has 0 atom stereocenters. The molecule has 0 saturated carbocycles. The molecule has 14 heavy (non-hydrogen) atoms. The fourth-order valence-electron chi connectivity index (χ4n) is 1.11. The average Bonchev–Trinajstić information content (AvgIpc) is 2.26. The molecule has 0 fully saturated rings. The maximum Gasteiger partial charge on any atom is 0.241 e. The highest BCUT2D eigenvalue weighted by atomic mass is 16.2. The Bertz CT molecular complexity index is 311. The van der Waals surface area contributed by atoms with Crippen molar-refractivity contribution in [1.29, 1.82) is 0 Å². The number of anilines is 1. The molecule has 0 bridgehead atoms. The minimum absolute atomic E-state index is 0.0833. The highest BCUT2D eigenvalue weighted by molar-refractivity contribution is 5.96. The van der Waals surface area contributed by atoms with Crippen LogP contribution in [0.4, 0.5) is 5.69 Å². The van der Waals surface area contributed by atoms with Crippen LogP contribution in [0.1, 0.15) is 0 Å². The predicted molar refractivity (Wildman–Crippen MR) is 53.5 cm³/mol. The Balaban J connectivity index is 2.88. The van der Waals surface area contributed by atoms with Crippen LogP contribution in [0.5, 0.6) is 0 Å². The van der Waals surface area contributed by atoms with Crippen molar-refractivity contribution in [2.24, 2.45) is 5.73 Å². The Kier molecular flexibility index (Phi) is 3.82. The monoisotopic (exact) mass is 191 g/mol. The first-order chi connectivity index (χ1) is 6.79. The molecule has 1 aromatic rings. The van der Waals surface area contributed by atoms with Crippen LogP contribution in [0.25, 0.3) is 0 Å². The molecule has 0 aliphatic carbocycles. The van der Waals surface area contributed by atoms with Crippen molar-refractivity contribution in [1.82, 2.24) is 0 Å². The number of hydrogen-bond donors (Lipinski definition) is 1. The number of hydrogen-bond acceptors (Lipinski definition) is 3. The van der Waals surface area contributed by atoms with Crippen molar-refractivity contribution < 1.29 is 9.59 Å². The van der Waals surface area contributed by atoms with Gasteiger partial charge in [-0.2, -0.15) is 0 Å². The van der Waals surface area contributed by atoms with Crippen molar-refractivity contribution in [3.8, 4) is 0 Å². The molecule has 1 radical (unpaired) electrons. The molecule has 4 nitrogen and oxygen atoms in total. The van der Waals surface area contributed by atoms with Gasteiger partial charge in [-0.15, -0.1) is 0 Å². The molecule has 1 amide bonds. The van der Waals surface area contributed by atoms with Gasteiger partial charge in [0.1, 0.15) is 0 Å². The maximum absolute atomic E-state index is 11.3. The minimum Gasteiger partial charge on any atom is -0.322 e. The predicted octanol–water partition coefficient (Wildman–Crippen LogP) is 0.0880. The van der Waals surface area contributed by atoms with E-state index in [1.807, 2.05) is 6.07 Å². The van der Waals surface area contributed by atoms with Gasteiger partial charge in [-0.1, -0.05) is 18.2 Å². The second-order valence-electron chi connectivity index (χ2n) is 2.66. The molecule has 4 heteroatoms. The average molecular weight is 191 g/mol. The molecular weight excluding hydrogens is 180 g/mol. The zero-order valence-electron chi connectivity index (χ0n) is 7.64. The maximum atomic E-state index is 11.3. The molecule has 0 spiro atoms. The molecule has 0 aliphatic heterocycles. The Hall–Kier alpha value is -1.68. The van der Waals surface area contributed by atoms with Crippen LogP contribution < -0.4 is 10.6 Å². The van der Waals surface area contributed by atoms with Crippen molar-refractivity contribution in [2.75, 3.05) is 18.0 Å². The van der Waals surface area contributed by atoms with E-state index >= 15 is 0 Å². The number of benzene rings is 1. The number of rotatable bonds is 4. The normalized spacial score (nSPS) is 9.50. The smallest absolute Gasteiger partial charge is 0.241 e. The molecule has 0 unspecified atom stereocenters. The summed E-state index contributed by atoms with van der Waals surface area (Å²) in [6.45, 7) is -0.198. The van der Waals surface area contributed by atoms with Crippen LogP contribution in [0, 0.1) is 0 Å². The lowest BCUT2D eigenvalue weighted by Crippen LogP contribution is -2.37. The number of carbonyl (C=O) groups is 1. The molecule has 1 rings (SSSR count). The van der Waals surface area contributed by atoms with Gasteiger partial charge in [-0.05, 0) is 12.1 Å². The van der Waals surface area contributed by atoms with E-state index < -0.39 is 0 Å². The number of nitrogens with zero attached hydrogens (tertiary/aromatic N) is 1. The third kappa shape index (κ3) is 2.40. The summed E-state index contributed by atoms with van der Waals surface area (Å²) < 4.78 is 0. The summed E-state index contributed by atoms with van der Waals surface area (Å²) in [5.41, 5.74) is 5.88. The zero-order valence-corrected chi connectivity index (χ0v) is 7.64. The van der Waals surface area contributed by atoms with E-state index in [1.54, 1.807) is 30.6 Å². The van der Waals surface area contributed by atoms with Crippen LogP contribution in [0.15, 0.2) is 30.3 Å². The summed E-state index contributed by atoms with van der Waals surface area (Å²) in [6, 6.07) is 8.89. The van der Waals surface area contributed by atoms with E-state index in [9.17, 15) is 9.59 Å². The van der Waals surface area contributed by atoms with E-state index in [0.717, 1.165) is 0 Å². The highest BCUT2D eigenvalue weighted by Crippen LogP contribution is 2.11. The van der Waals surface area contributed by atoms with Gasteiger partial charge in [0.25, 0.3) is 0 Å². The summed E-state index contributed by atoms with van der Waals surface area (Å²) in [5, 5.41) is 0. The SMILES string of the molecule is NCC(=O)N(C[C]=O)c1ccccc1. The van der Waals surface area contributed by atoms with Gasteiger partial charge in [0.05, 0.1) is 13.1 Å². The van der Waals surface area contributed by atoms with Gasteiger partial charge in [0.2, 0.25) is 12.2 Å². The lowest BCUT2D eigenvalue weighted by molar-refractivity contribution is -0.117. The molecule has 1 aromatic carbocycles. The third-order valence-electron chi connectivity index (χ3n) is 1.77. The zero-order chi connectivity index (χ0) is 10.4. The summed E-state index contributed by atoms with van der Waals surface area (Å²) >= 11 is 0. The fourth-order valence-corrected chi connectivity index (χ4v) is 1.11. The van der Waals surface area contributed by atoms with Crippen LogP contribution in [-0.2, 0) is 9.59 Å². The number of amides is 1. The first kappa shape index (κ1) is 10.4. The van der Waals surface area contributed by atoms with E-state index in [-0.39, 0.29) is 19.0 Å². The second kappa shape index (κ2) is 5.14. The van der Waals surface area contributed by atoms with Gasteiger partial charge >= 0.3 is 0 Å². The number of carbonyl (C=O) groups excluding carboxylic acids is 2. The Morgan fingerprint density at radius 2 is 2.00 bits per heavy atom. The molecule has 0 aliphatic rings. The van der Waals surface area contributed by atoms with E-state index in [0.29, 0.717) is 5.69 Å². The molecule has 73 valence electrons. The molecule has 0 heterocycles. The summed E-state index contributed by atoms with van der Waals surface area (Å²) in [6.07, 6.45) is 1.68. The summed E-state index contributed by atoms with van der Waals surface area (Å²) in [5.74, 6) is -0.292. The molecule has 0 aromatic heterocycles. The lowest BCUT2D eigenvalue weighted by atomic mass is 10.3. The molecule has 2 N–H and O–H groups in total. The summed E-state index contributed by atoms with van der Waals surface area (Å²) in [4.78, 5) is 22.9. The van der Waals surface area contributed by atoms with Crippen LogP contribution in [0.3, 0.4) is 0 Å². The summed E-state index contributed by atoms with van der Waals surface area (Å²) in [7, 11) is 0. The van der Waals surface area contributed by atoms with Gasteiger partial charge in [-0.25, -0.2) is 0 Å². The van der Waals surface area contributed by atoms with Crippen molar-refractivity contribution in [3.63, 3.8) is 0 Å². The standard InChI is InChI=1S/C10H11N2O2/c11-8-10(14)12(6-7-13)9-4-2-1-3-5-9/h1-5H,6,8,11H2. The fraction of sp³-hybridized carbons (Fsp3) is 0.200. The van der Waals surface area contributed by atoms with Gasteiger partial charge in [0, 0.05) is 5.69 Å². The van der Waals surface area contributed by atoms with Gasteiger partial charge in [0.15, 0.2) is 0 Å². The Labute approximate surface area is 82.3 Å². The van der Waals surface area contributed by atoms with E-state index in [4.69, 9.17) is 5.73 Å². The molecule has 0 saturated heterocycles. The van der Waals surface area contributed by atoms with Crippen LogP contribution in [-0.4, -0.2) is 25.3 Å². The highest BCUT2D eigenvalue weighted by Gasteiger charge is 2.12. The van der Waals surface area contributed by atoms with Crippen LogP contribution in [0.2, 0.25) is 0 Å². The lowest BCUT2D eigenvalue weighted by Gasteiger charge is -2.18. The first-order valence-corrected chi connectivity index (χ1v) is 4.20. The Morgan fingerprint density at radius 1 is 1.36 bits per heavy atom. The van der Waals surface area contributed by atoms with Crippen molar-refractivity contribution in [2.45, 2.75) is 0 Å². The largest absolute Gasteiger partial charge is 0.322 e. The quantitative estimate of drug-likeness (QED) is 0.733. The van der Waals surface area contributed by atoms with Gasteiger partial charge in [-0.3, -0.25) is 9.59 Å². The number of para-hydroxylation sites is 1.